The summed E-state index contributed by atoms with van der Waals surface area (Å²) in [6, 6.07) is 12.7. The zero-order valence-electron chi connectivity index (χ0n) is 19.1. The van der Waals surface area contributed by atoms with Gasteiger partial charge in [-0.25, -0.2) is 0 Å². The molecule has 2 heterocycles. The number of nitrogens with one attached hydrogen (secondary N) is 2. The summed E-state index contributed by atoms with van der Waals surface area (Å²) in [6.45, 7) is 8.64. The van der Waals surface area contributed by atoms with Gasteiger partial charge in [-0.15, -0.1) is 24.0 Å². The molecule has 0 amide bonds. The molecule has 0 aliphatic carbocycles. The van der Waals surface area contributed by atoms with Crippen LogP contribution in [0.25, 0.3) is 0 Å². The van der Waals surface area contributed by atoms with Crippen LogP contribution in [0.3, 0.4) is 0 Å². The molecule has 8 heteroatoms. The number of halogens is 1. The third-order valence-corrected chi connectivity index (χ3v) is 6.26. The van der Waals surface area contributed by atoms with Crippen LogP contribution in [0.2, 0.25) is 0 Å². The second kappa shape index (κ2) is 14.8. The zero-order valence-corrected chi connectivity index (χ0v) is 22.2. The first-order chi connectivity index (χ1) is 15.1. The number of aliphatic hydroxyl groups excluding tert-OH is 1. The van der Waals surface area contributed by atoms with Gasteiger partial charge in [0.25, 0.3) is 0 Å². The van der Waals surface area contributed by atoms with Crippen molar-refractivity contribution in [3.8, 4) is 0 Å². The summed E-state index contributed by atoms with van der Waals surface area (Å²) >= 11 is 1.76. The molecule has 2 unspecified atom stereocenters. The molecule has 2 atom stereocenters. The topological polar surface area (TPSA) is 69.1 Å². The maximum atomic E-state index is 10.3. The smallest absolute Gasteiger partial charge is 0.191 e. The molecule has 1 aliphatic heterocycles. The molecule has 1 aromatic carbocycles. The van der Waals surface area contributed by atoms with E-state index in [1.165, 1.54) is 5.56 Å². The quantitative estimate of drug-likeness (QED) is 0.228. The Morgan fingerprint density at radius 3 is 2.66 bits per heavy atom. The molecule has 0 spiro atoms. The fourth-order valence-electron chi connectivity index (χ4n) is 3.71. The molecule has 2 aromatic rings. The maximum Gasteiger partial charge on any atom is 0.191 e. The molecule has 1 aliphatic rings. The third kappa shape index (κ3) is 9.35. The highest BCUT2D eigenvalue weighted by Crippen LogP contribution is 2.17. The van der Waals surface area contributed by atoms with E-state index in [2.05, 4.69) is 44.3 Å². The van der Waals surface area contributed by atoms with Crippen LogP contribution in [0.5, 0.6) is 0 Å². The number of hydrogen-bond acceptors (Lipinski definition) is 5. The largest absolute Gasteiger partial charge is 0.389 e. The number of rotatable bonds is 10. The molecule has 1 aromatic heterocycles. The van der Waals surface area contributed by atoms with Crippen LogP contribution >= 0.6 is 35.3 Å². The lowest BCUT2D eigenvalue weighted by Crippen LogP contribution is -2.48. The van der Waals surface area contributed by atoms with Crippen molar-refractivity contribution >= 4 is 41.3 Å². The van der Waals surface area contributed by atoms with Crippen LogP contribution in [0.1, 0.15) is 43.9 Å². The summed E-state index contributed by atoms with van der Waals surface area (Å²) in [5.41, 5.74) is 2.52. The molecule has 1 fully saturated rings. The van der Waals surface area contributed by atoms with Gasteiger partial charge in [0.05, 0.1) is 25.4 Å². The Balaban J connectivity index is 0.00000363. The molecule has 32 heavy (non-hydrogen) atoms. The van der Waals surface area contributed by atoms with Gasteiger partial charge in [0, 0.05) is 32.2 Å². The molecule has 3 N–H and O–H groups in total. The Kier molecular flexibility index (Phi) is 12.6. The summed E-state index contributed by atoms with van der Waals surface area (Å²) in [4.78, 5) is 7.10. The molecule has 0 saturated carbocycles. The molecule has 0 radical (unpaired) electrons. The average molecular weight is 573 g/mol. The van der Waals surface area contributed by atoms with Gasteiger partial charge in [0.2, 0.25) is 0 Å². The Morgan fingerprint density at radius 1 is 1.25 bits per heavy atom. The van der Waals surface area contributed by atoms with E-state index in [4.69, 9.17) is 4.74 Å². The van der Waals surface area contributed by atoms with Gasteiger partial charge < -0.3 is 20.5 Å². The highest BCUT2D eigenvalue weighted by molar-refractivity contribution is 14.0. The van der Waals surface area contributed by atoms with Gasteiger partial charge in [-0.05, 0) is 54.6 Å². The van der Waals surface area contributed by atoms with Gasteiger partial charge >= 0.3 is 0 Å². The van der Waals surface area contributed by atoms with Crippen LogP contribution in [0.15, 0.2) is 52.2 Å². The molecule has 1 saturated heterocycles. The lowest BCUT2D eigenvalue weighted by molar-refractivity contribution is 0.00111. The Bertz CT molecular complexity index is 768. The summed E-state index contributed by atoms with van der Waals surface area (Å²) in [6.07, 6.45) is 1.50. The number of aliphatic hydroxyl groups is 1. The highest BCUT2D eigenvalue weighted by atomic mass is 127. The van der Waals surface area contributed by atoms with Crippen molar-refractivity contribution in [3.63, 3.8) is 0 Å². The average Bonchev–Trinajstić information content (AvgIpc) is 3.31. The SMILES string of the molecule is CCNC(=NCC(O)COC(C)c1ccccc1)NC1CCN(Cc2ccsc2)CC1.I. The van der Waals surface area contributed by atoms with E-state index in [9.17, 15) is 5.11 Å². The molecule has 178 valence electrons. The van der Waals surface area contributed by atoms with Crippen molar-refractivity contribution in [2.45, 2.75) is 51.5 Å². The number of likely N-dealkylation sites (tertiary alicyclic amines) is 1. The Labute approximate surface area is 213 Å². The molecule has 0 bridgehead atoms. The number of piperidine rings is 1. The van der Waals surface area contributed by atoms with Crippen molar-refractivity contribution in [2.24, 2.45) is 4.99 Å². The minimum Gasteiger partial charge on any atom is -0.389 e. The maximum absolute atomic E-state index is 10.3. The van der Waals surface area contributed by atoms with Crippen LogP contribution in [-0.4, -0.2) is 60.9 Å². The van der Waals surface area contributed by atoms with Crippen molar-refractivity contribution in [1.29, 1.82) is 0 Å². The first-order valence-electron chi connectivity index (χ1n) is 11.3. The predicted molar refractivity (Wildman–Crippen MR) is 144 cm³/mol. The number of hydrogen-bond donors (Lipinski definition) is 3. The molecule has 6 nitrogen and oxygen atoms in total. The van der Waals surface area contributed by atoms with E-state index in [0.29, 0.717) is 12.6 Å². The first-order valence-corrected chi connectivity index (χ1v) is 12.2. The first kappa shape index (κ1) is 27.0. The normalized spacial score (nSPS) is 17.4. The van der Waals surface area contributed by atoms with E-state index in [1.807, 2.05) is 37.3 Å². The van der Waals surface area contributed by atoms with E-state index in [0.717, 1.165) is 50.5 Å². The van der Waals surface area contributed by atoms with Gasteiger partial charge in [0.15, 0.2) is 5.96 Å². The molecule has 3 rings (SSSR count). The number of ether oxygens (including phenoxy) is 1. The third-order valence-electron chi connectivity index (χ3n) is 5.53. The number of benzene rings is 1. The minimum absolute atomic E-state index is 0. The van der Waals surface area contributed by atoms with Gasteiger partial charge in [-0.2, -0.15) is 11.3 Å². The van der Waals surface area contributed by atoms with E-state index < -0.39 is 6.10 Å². The summed E-state index contributed by atoms with van der Waals surface area (Å²) < 4.78 is 5.82. The van der Waals surface area contributed by atoms with E-state index in [1.54, 1.807) is 11.3 Å². The number of nitrogens with zero attached hydrogens (tertiary/aromatic N) is 2. The lowest BCUT2D eigenvalue weighted by atomic mass is 10.0. The van der Waals surface area contributed by atoms with Crippen molar-refractivity contribution < 1.29 is 9.84 Å². The Hall–Kier alpha value is -1.20. The van der Waals surface area contributed by atoms with Gasteiger partial charge in [0.1, 0.15) is 0 Å². The second-order valence-corrected chi connectivity index (χ2v) is 8.87. The number of guanidine groups is 1. The van der Waals surface area contributed by atoms with Gasteiger partial charge in [-0.1, -0.05) is 30.3 Å². The van der Waals surface area contributed by atoms with E-state index >= 15 is 0 Å². The number of aliphatic imine (C=N–C) groups is 1. The minimum atomic E-state index is -0.630. The number of thiophene rings is 1. The lowest BCUT2D eigenvalue weighted by Gasteiger charge is -2.33. The fourth-order valence-corrected chi connectivity index (χ4v) is 4.37. The standard InChI is InChI=1S/C24H36N4O2S.HI/c1-3-25-24(26-15-23(29)17-30-19(2)21-7-5-4-6-8-21)27-22-9-12-28(13-10-22)16-20-11-14-31-18-20;/h4-8,11,14,18-19,22-23,29H,3,9-10,12-13,15-17H2,1-2H3,(H2,25,26,27);1H. The predicted octanol–water partition coefficient (Wildman–Crippen LogP) is 4.02. The van der Waals surface area contributed by atoms with Gasteiger partial charge in [-0.3, -0.25) is 9.89 Å². The van der Waals surface area contributed by atoms with Crippen LogP contribution in [-0.2, 0) is 11.3 Å². The van der Waals surface area contributed by atoms with Crippen LogP contribution < -0.4 is 10.6 Å². The second-order valence-electron chi connectivity index (χ2n) is 8.09. The van der Waals surface area contributed by atoms with Crippen LogP contribution in [0, 0.1) is 0 Å². The monoisotopic (exact) mass is 572 g/mol. The summed E-state index contributed by atoms with van der Waals surface area (Å²) in [5, 5.41) is 21.6. The van der Waals surface area contributed by atoms with Crippen LogP contribution in [0.4, 0.5) is 0 Å². The molecular formula is C24H37IN4O2S. The molecular weight excluding hydrogens is 535 g/mol. The summed E-state index contributed by atoms with van der Waals surface area (Å²) in [5.74, 6) is 0.772. The fraction of sp³-hybridized carbons (Fsp3) is 0.542. The van der Waals surface area contributed by atoms with E-state index in [-0.39, 0.29) is 36.7 Å². The van der Waals surface area contributed by atoms with Crippen molar-refractivity contribution in [1.82, 2.24) is 15.5 Å². The Morgan fingerprint density at radius 2 is 2.00 bits per heavy atom. The zero-order chi connectivity index (χ0) is 21.9. The highest BCUT2D eigenvalue weighted by Gasteiger charge is 2.20. The summed E-state index contributed by atoms with van der Waals surface area (Å²) in [7, 11) is 0. The van der Waals surface area contributed by atoms with Crippen molar-refractivity contribution in [2.75, 3.05) is 32.8 Å². The van der Waals surface area contributed by atoms with Crippen molar-refractivity contribution in [3.05, 3.63) is 58.3 Å².